The average Bonchev–Trinajstić information content (AvgIpc) is 1.84. The fraction of sp³-hybridized carbons (Fsp3) is 1.00. The molecule has 0 spiro atoms. The van der Waals surface area contributed by atoms with Crippen LogP contribution in [-0.2, 0) is 10.0 Å². The molecular weight excluding hydrogens is 158 g/mol. The first kappa shape index (κ1) is 9.26. The molecule has 0 aromatic heterocycles. The lowest BCUT2D eigenvalue weighted by atomic mass is 11.0. The molecule has 0 aliphatic rings. The summed E-state index contributed by atoms with van der Waals surface area (Å²) in [4.78, 5) is 0. The van der Waals surface area contributed by atoms with E-state index in [2.05, 4.69) is 4.13 Å². The predicted molar refractivity (Wildman–Crippen MR) is 40.7 cm³/mol. The van der Waals surface area contributed by atoms with Crippen LogP contribution < -0.4 is 4.13 Å². The lowest BCUT2D eigenvalue weighted by Gasteiger charge is -1.98. The molecule has 0 atom stereocenters. The molecule has 0 amide bonds. The molecule has 0 rings (SSSR count). The van der Waals surface area contributed by atoms with E-state index >= 15 is 0 Å². The highest BCUT2D eigenvalue weighted by atomic mass is 32.3. The first-order valence-corrected chi connectivity index (χ1v) is 5.37. The Hall–Kier alpha value is 0.260. The summed E-state index contributed by atoms with van der Waals surface area (Å²) in [6.45, 7) is 3.50. The fourth-order valence-electron chi connectivity index (χ4n) is 0.208. The van der Waals surface area contributed by atoms with Gasteiger partial charge in [-0.05, 0) is 6.92 Å². The standard InChI is InChI=1S/C4H11NO2S2/c1-3-8-5-9(6,7)4-2/h5H,3-4H2,1-2H3. The van der Waals surface area contributed by atoms with Crippen LogP contribution in [0.3, 0.4) is 0 Å². The van der Waals surface area contributed by atoms with E-state index in [4.69, 9.17) is 0 Å². The first-order chi connectivity index (χ1) is 4.12. The molecule has 0 fully saturated rings. The first-order valence-electron chi connectivity index (χ1n) is 2.73. The second-order valence-corrected chi connectivity index (χ2v) is 4.76. The van der Waals surface area contributed by atoms with Crippen molar-refractivity contribution in [3.63, 3.8) is 0 Å². The summed E-state index contributed by atoms with van der Waals surface area (Å²) in [6, 6.07) is 0. The Morgan fingerprint density at radius 3 is 2.33 bits per heavy atom. The molecule has 0 aromatic rings. The van der Waals surface area contributed by atoms with Crippen molar-refractivity contribution in [3.8, 4) is 0 Å². The van der Waals surface area contributed by atoms with Crippen molar-refractivity contribution in [1.82, 2.24) is 4.13 Å². The molecule has 0 aliphatic carbocycles. The van der Waals surface area contributed by atoms with Crippen molar-refractivity contribution in [1.29, 1.82) is 0 Å². The number of hydrogen-bond donors (Lipinski definition) is 1. The van der Waals surface area contributed by atoms with Gasteiger partial charge in [0, 0.05) is 5.75 Å². The van der Waals surface area contributed by atoms with Gasteiger partial charge in [-0.1, -0.05) is 18.9 Å². The van der Waals surface area contributed by atoms with Gasteiger partial charge in [-0.3, -0.25) is 0 Å². The molecule has 3 nitrogen and oxygen atoms in total. The molecule has 0 aromatic carbocycles. The molecule has 5 heteroatoms. The summed E-state index contributed by atoms with van der Waals surface area (Å²) >= 11 is 1.20. The number of nitrogens with one attached hydrogen (secondary N) is 1. The van der Waals surface area contributed by atoms with E-state index in [-0.39, 0.29) is 5.75 Å². The van der Waals surface area contributed by atoms with E-state index in [9.17, 15) is 8.42 Å². The summed E-state index contributed by atoms with van der Waals surface area (Å²) in [5.41, 5.74) is 0. The van der Waals surface area contributed by atoms with Gasteiger partial charge in [0.05, 0.1) is 5.75 Å². The van der Waals surface area contributed by atoms with Gasteiger partial charge in [0.15, 0.2) is 0 Å². The van der Waals surface area contributed by atoms with Crippen LogP contribution in [-0.4, -0.2) is 19.9 Å². The summed E-state index contributed by atoms with van der Waals surface area (Å²) < 4.78 is 23.6. The Labute approximate surface area is 60.4 Å². The van der Waals surface area contributed by atoms with Crippen LogP contribution in [0.1, 0.15) is 13.8 Å². The normalized spacial score (nSPS) is 11.8. The maximum atomic E-state index is 10.6. The monoisotopic (exact) mass is 169 g/mol. The summed E-state index contributed by atoms with van der Waals surface area (Å²) in [5.74, 6) is 0.916. The molecule has 0 aliphatic heterocycles. The molecule has 0 heterocycles. The van der Waals surface area contributed by atoms with E-state index in [1.807, 2.05) is 6.92 Å². The third-order valence-electron chi connectivity index (χ3n) is 0.710. The highest BCUT2D eigenvalue weighted by Gasteiger charge is 2.02. The Morgan fingerprint density at radius 2 is 2.00 bits per heavy atom. The molecule has 0 unspecified atom stereocenters. The van der Waals surface area contributed by atoms with E-state index in [1.165, 1.54) is 11.9 Å². The Balaban J connectivity index is 3.61. The summed E-state index contributed by atoms with van der Waals surface area (Å²) in [7, 11) is -2.97. The lowest BCUT2D eigenvalue weighted by molar-refractivity contribution is 0.596. The molecule has 0 saturated carbocycles. The van der Waals surface area contributed by atoms with Crippen molar-refractivity contribution >= 4 is 22.0 Å². The smallest absolute Gasteiger partial charge is 0.212 e. The number of rotatable bonds is 4. The zero-order valence-corrected chi connectivity index (χ0v) is 7.18. The van der Waals surface area contributed by atoms with Gasteiger partial charge in [-0.15, -0.1) is 0 Å². The Kier molecular flexibility index (Phi) is 4.26. The molecule has 0 bridgehead atoms. The van der Waals surface area contributed by atoms with Crippen LogP contribution in [0.15, 0.2) is 0 Å². The largest absolute Gasteiger partial charge is 0.220 e. The lowest BCUT2D eigenvalue weighted by Crippen LogP contribution is -2.18. The maximum Gasteiger partial charge on any atom is 0.220 e. The van der Waals surface area contributed by atoms with Gasteiger partial charge < -0.3 is 0 Å². The van der Waals surface area contributed by atoms with Crippen molar-refractivity contribution in [2.24, 2.45) is 0 Å². The SMILES string of the molecule is CCSNS(=O)(=O)CC. The van der Waals surface area contributed by atoms with Gasteiger partial charge >= 0.3 is 0 Å². The zero-order valence-electron chi connectivity index (χ0n) is 5.55. The second-order valence-electron chi connectivity index (χ2n) is 1.42. The third kappa shape index (κ3) is 4.74. The molecule has 0 radical (unpaired) electrons. The number of sulfonamides is 1. The summed E-state index contributed by atoms with van der Waals surface area (Å²) in [6.07, 6.45) is 0. The maximum absolute atomic E-state index is 10.6. The van der Waals surface area contributed by atoms with Crippen molar-refractivity contribution in [2.45, 2.75) is 13.8 Å². The molecule has 56 valence electrons. The third-order valence-corrected chi connectivity index (χ3v) is 3.25. The predicted octanol–water partition coefficient (Wildman–Crippen LogP) is 0.594. The molecule has 1 N–H and O–H groups in total. The fourth-order valence-corrected chi connectivity index (χ4v) is 1.87. The molecule has 9 heavy (non-hydrogen) atoms. The van der Waals surface area contributed by atoms with E-state index in [1.54, 1.807) is 6.92 Å². The molecular formula is C4H11NO2S2. The van der Waals surface area contributed by atoms with Crippen LogP contribution >= 0.6 is 11.9 Å². The average molecular weight is 169 g/mol. The van der Waals surface area contributed by atoms with Gasteiger partial charge in [0.25, 0.3) is 0 Å². The van der Waals surface area contributed by atoms with E-state index in [0.717, 1.165) is 5.75 Å². The highest BCUT2D eigenvalue weighted by Crippen LogP contribution is 1.95. The minimum absolute atomic E-state index is 0.153. The van der Waals surface area contributed by atoms with Crippen LogP contribution in [0, 0.1) is 0 Å². The molecule has 0 saturated heterocycles. The van der Waals surface area contributed by atoms with Crippen molar-refractivity contribution in [3.05, 3.63) is 0 Å². The van der Waals surface area contributed by atoms with E-state index in [0.29, 0.717) is 0 Å². The minimum Gasteiger partial charge on any atom is -0.212 e. The summed E-state index contributed by atoms with van der Waals surface area (Å²) in [5, 5.41) is 0. The Morgan fingerprint density at radius 1 is 1.44 bits per heavy atom. The minimum atomic E-state index is -2.97. The van der Waals surface area contributed by atoms with Gasteiger partial charge in [0.1, 0.15) is 0 Å². The van der Waals surface area contributed by atoms with Crippen LogP contribution in [0.4, 0.5) is 0 Å². The van der Waals surface area contributed by atoms with Crippen LogP contribution in [0.25, 0.3) is 0 Å². The van der Waals surface area contributed by atoms with Crippen molar-refractivity contribution < 1.29 is 8.42 Å². The van der Waals surface area contributed by atoms with Crippen LogP contribution in [0.5, 0.6) is 0 Å². The second kappa shape index (κ2) is 4.14. The quantitative estimate of drug-likeness (QED) is 0.627. The van der Waals surface area contributed by atoms with E-state index < -0.39 is 10.0 Å². The highest BCUT2D eigenvalue weighted by molar-refractivity contribution is 8.09. The van der Waals surface area contributed by atoms with Gasteiger partial charge in [-0.25, -0.2) is 8.42 Å². The van der Waals surface area contributed by atoms with Gasteiger partial charge in [0.2, 0.25) is 10.0 Å². The van der Waals surface area contributed by atoms with Gasteiger partial charge in [-0.2, -0.15) is 4.13 Å². The Bertz CT molecular complexity index is 152. The topological polar surface area (TPSA) is 46.2 Å². The number of hydrogen-bond acceptors (Lipinski definition) is 3. The van der Waals surface area contributed by atoms with Crippen LogP contribution in [0.2, 0.25) is 0 Å². The zero-order chi connectivity index (χ0) is 7.33. The van der Waals surface area contributed by atoms with Crippen molar-refractivity contribution in [2.75, 3.05) is 11.5 Å².